The summed E-state index contributed by atoms with van der Waals surface area (Å²) in [6.45, 7) is 0.876. The molecule has 5 heterocycles. The number of amides is 2. The topological polar surface area (TPSA) is 167 Å². The molecule has 0 radical (unpaired) electrons. The van der Waals surface area contributed by atoms with Crippen LogP contribution in [-0.2, 0) is 5.54 Å². The smallest absolute Gasteiger partial charge is 0.406 e. The van der Waals surface area contributed by atoms with Gasteiger partial charge in [0.15, 0.2) is 5.82 Å². The van der Waals surface area contributed by atoms with E-state index in [0.717, 1.165) is 12.4 Å². The molecule has 192 valence electrons. The predicted octanol–water partition coefficient (Wildman–Crippen LogP) is 1.28. The highest BCUT2D eigenvalue weighted by atomic mass is 32.2. The van der Waals surface area contributed by atoms with Gasteiger partial charge in [-0.3, -0.25) is 20.4 Å². The molecule has 5 rings (SSSR count). The minimum atomic E-state index is -1.16. The van der Waals surface area contributed by atoms with Crippen molar-refractivity contribution in [2.24, 2.45) is 5.92 Å². The Labute approximate surface area is 214 Å². The van der Waals surface area contributed by atoms with Crippen molar-refractivity contribution in [2.75, 3.05) is 36.2 Å². The second-order valence-electron chi connectivity index (χ2n) is 8.39. The Morgan fingerprint density at radius 1 is 1.22 bits per heavy atom. The van der Waals surface area contributed by atoms with E-state index in [4.69, 9.17) is 4.74 Å². The zero-order chi connectivity index (χ0) is 26.0. The minimum absolute atomic E-state index is 0.0242. The molecule has 2 aliphatic heterocycles. The van der Waals surface area contributed by atoms with Crippen molar-refractivity contribution in [3.05, 3.63) is 60.3 Å². The number of halogens is 1. The molecule has 2 saturated heterocycles. The molecule has 0 bridgehead atoms. The lowest BCUT2D eigenvalue weighted by molar-refractivity contribution is 0.102. The molecule has 2 amide bonds. The number of aromatic nitrogens is 5. The number of thioether (sulfide) groups is 1. The van der Waals surface area contributed by atoms with Gasteiger partial charge in [0.1, 0.15) is 11.2 Å². The lowest BCUT2D eigenvalue weighted by Crippen LogP contribution is -2.61. The van der Waals surface area contributed by atoms with Crippen LogP contribution in [0.15, 0.2) is 43.1 Å². The molecular formula is C22H22FN9O4S. The number of hydrogen-bond donors (Lipinski definition) is 4. The lowest BCUT2D eigenvalue weighted by atomic mass is 9.84. The Hall–Kier alpha value is -4.11. The highest BCUT2D eigenvalue weighted by Crippen LogP contribution is 2.43. The molecule has 0 aliphatic carbocycles. The highest BCUT2D eigenvalue weighted by molar-refractivity contribution is 7.99. The van der Waals surface area contributed by atoms with Gasteiger partial charge in [-0.1, -0.05) is 0 Å². The molecule has 0 saturated carbocycles. The van der Waals surface area contributed by atoms with Crippen LogP contribution in [0.5, 0.6) is 5.88 Å². The molecule has 37 heavy (non-hydrogen) atoms. The van der Waals surface area contributed by atoms with E-state index in [1.165, 1.54) is 31.3 Å². The summed E-state index contributed by atoms with van der Waals surface area (Å²) in [5, 5.41) is 18.0. The number of ether oxygens (including phenoxy) is 1. The van der Waals surface area contributed by atoms with Crippen LogP contribution in [0, 0.1) is 11.7 Å². The van der Waals surface area contributed by atoms with Crippen LogP contribution in [0.25, 0.3) is 0 Å². The van der Waals surface area contributed by atoms with Crippen molar-refractivity contribution in [3.8, 4) is 5.88 Å². The summed E-state index contributed by atoms with van der Waals surface area (Å²) in [4.78, 5) is 46.9. The van der Waals surface area contributed by atoms with Gasteiger partial charge in [-0.15, -0.1) is 11.8 Å². The third-order valence-corrected chi connectivity index (χ3v) is 7.28. The number of nitrogens with zero attached hydrogens (tertiary/aromatic N) is 6. The van der Waals surface area contributed by atoms with Crippen molar-refractivity contribution >= 4 is 35.4 Å². The van der Waals surface area contributed by atoms with Crippen molar-refractivity contribution in [1.82, 2.24) is 35.6 Å². The molecule has 13 nitrogen and oxygen atoms in total. The lowest BCUT2D eigenvalue weighted by Gasteiger charge is -2.42. The van der Waals surface area contributed by atoms with Crippen LogP contribution in [-0.4, -0.2) is 73.5 Å². The fourth-order valence-corrected chi connectivity index (χ4v) is 5.72. The number of hydrogen-bond acceptors (Lipinski definition) is 11. The fraction of sp³-hybridized carbons (Fsp3) is 0.318. The normalized spacial score (nSPS) is 22.7. The van der Waals surface area contributed by atoms with Crippen molar-refractivity contribution in [3.63, 3.8) is 0 Å². The van der Waals surface area contributed by atoms with Gasteiger partial charge in [0.25, 0.3) is 5.91 Å². The van der Waals surface area contributed by atoms with Gasteiger partial charge in [-0.25, -0.2) is 29.1 Å². The summed E-state index contributed by atoms with van der Waals surface area (Å²) >= 11 is 1.42. The van der Waals surface area contributed by atoms with Crippen LogP contribution < -0.4 is 25.6 Å². The average Bonchev–Trinajstić information content (AvgIpc) is 3.29. The Morgan fingerprint density at radius 2 is 2.03 bits per heavy atom. The number of carbonyl (C=O) groups excluding carboxylic acids is 1. The number of pyridine rings is 1. The number of methoxy groups -OCH3 is 1. The van der Waals surface area contributed by atoms with E-state index in [9.17, 15) is 19.1 Å². The molecule has 4 N–H and O–H groups in total. The number of nitrogens with one attached hydrogen (secondary N) is 3. The van der Waals surface area contributed by atoms with E-state index in [1.54, 1.807) is 18.3 Å². The van der Waals surface area contributed by atoms with Gasteiger partial charge >= 0.3 is 6.09 Å². The minimum Gasteiger partial charge on any atom is -0.480 e. The predicted molar refractivity (Wildman–Crippen MR) is 131 cm³/mol. The van der Waals surface area contributed by atoms with E-state index >= 15 is 0 Å². The van der Waals surface area contributed by atoms with Crippen LogP contribution in [0.4, 0.5) is 20.8 Å². The Balaban J connectivity index is 1.44. The maximum atomic E-state index is 13.4. The summed E-state index contributed by atoms with van der Waals surface area (Å²) in [5.74, 6) is 0.216. The van der Waals surface area contributed by atoms with E-state index in [-0.39, 0.29) is 17.5 Å². The molecule has 15 heteroatoms. The van der Waals surface area contributed by atoms with Crippen LogP contribution in [0.2, 0.25) is 0 Å². The maximum absolute atomic E-state index is 13.4. The van der Waals surface area contributed by atoms with Gasteiger partial charge in [0.05, 0.1) is 43.1 Å². The monoisotopic (exact) mass is 527 g/mol. The van der Waals surface area contributed by atoms with Crippen molar-refractivity contribution < 1.29 is 23.8 Å². The van der Waals surface area contributed by atoms with E-state index in [0.29, 0.717) is 36.2 Å². The van der Waals surface area contributed by atoms with Gasteiger partial charge in [0.2, 0.25) is 11.8 Å². The zero-order valence-corrected chi connectivity index (χ0v) is 20.3. The van der Waals surface area contributed by atoms with Crippen LogP contribution in [0.1, 0.15) is 16.2 Å². The number of carboxylic acid groups (broad SMARTS) is 1. The molecule has 0 spiro atoms. The van der Waals surface area contributed by atoms with Crippen molar-refractivity contribution in [2.45, 2.75) is 11.0 Å². The number of fused-ring (bicyclic) bond motifs is 1. The third-order valence-electron chi connectivity index (χ3n) is 6.12. The molecule has 3 aromatic heterocycles. The summed E-state index contributed by atoms with van der Waals surface area (Å²) in [5.41, 5.74) is -0.235. The van der Waals surface area contributed by atoms with Gasteiger partial charge < -0.3 is 20.1 Å². The summed E-state index contributed by atoms with van der Waals surface area (Å²) in [6, 6.07) is 3.38. The van der Waals surface area contributed by atoms with E-state index in [2.05, 4.69) is 40.9 Å². The first-order valence-electron chi connectivity index (χ1n) is 11.1. The summed E-state index contributed by atoms with van der Waals surface area (Å²) in [7, 11) is 1.45. The fourth-order valence-electron chi connectivity index (χ4n) is 4.42. The summed E-state index contributed by atoms with van der Waals surface area (Å²) in [6.07, 6.45) is 5.26. The standard InChI is InChI=1S/C22H22FN9O4S/c1-36-17-8-25-15(7-26-17)18(33)29-14-2-3-24-16(4-14)22-11-32(19-27-5-13(23)6-28-19)9-12(22)10-37-20(31-22)30-21(34)35/h2-8,12,20,30-31H,9-11H2,1H3,(H,34,35)(H,24,29,33)/t12-,20?,22-/m0/s1. The largest absolute Gasteiger partial charge is 0.480 e. The second-order valence-corrected chi connectivity index (χ2v) is 9.52. The highest BCUT2D eigenvalue weighted by Gasteiger charge is 2.53. The average molecular weight is 528 g/mol. The Morgan fingerprint density at radius 3 is 2.73 bits per heavy atom. The molecule has 2 fully saturated rings. The molecule has 1 unspecified atom stereocenters. The maximum Gasteiger partial charge on any atom is 0.406 e. The molecule has 3 aromatic rings. The van der Waals surface area contributed by atoms with E-state index in [1.807, 2.05) is 4.90 Å². The zero-order valence-electron chi connectivity index (χ0n) is 19.5. The first-order valence-corrected chi connectivity index (χ1v) is 12.2. The summed E-state index contributed by atoms with van der Waals surface area (Å²) < 4.78 is 18.4. The van der Waals surface area contributed by atoms with Crippen LogP contribution in [0.3, 0.4) is 0 Å². The van der Waals surface area contributed by atoms with E-state index < -0.39 is 28.9 Å². The SMILES string of the molecule is COc1cnc(C(=O)Nc2ccnc([C@]34CN(c5ncc(F)cn5)C[C@H]3CSC(NC(=O)O)N4)c2)cn1. The van der Waals surface area contributed by atoms with Crippen LogP contribution >= 0.6 is 11.8 Å². The van der Waals surface area contributed by atoms with Gasteiger partial charge in [-0.05, 0) is 12.1 Å². The first kappa shape index (κ1) is 24.6. The quantitative estimate of drug-likeness (QED) is 0.363. The van der Waals surface area contributed by atoms with Crippen molar-refractivity contribution in [1.29, 1.82) is 0 Å². The molecule has 3 atom stereocenters. The molecule has 0 aromatic carbocycles. The van der Waals surface area contributed by atoms with Gasteiger partial charge in [-0.2, -0.15) is 0 Å². The third kappa shape index (κ3) is 5.08. The second kappa shape index (κ2) is 10.1. The first-order chi connectivity index (χ1) is 17.9. The molecular weight excluding hydrogens is 505 g/mol. The Bertz CT molecular complexity index is 1300. The van der Waals surface area contributed by atoms with Gasteiger partial charge in [0, 0.05) is 36.6 Å². The number of anilines is 2. The number of rotatable bonds is 6. The molecule has 2 aliphatic rings. The Kier molecular flexibility index (Phi) is 6.71. The number of carbonyl (C=O) groups is 2.